The molecule has 0 amide bonds. The summed E-state index contributed by atoms with van der Waals surface area (Å²) >= 11 is 4.98. The van der Waals surface area contributed by atoms with Crippen molar-refractivity contribution >= 4 is 39.0 Å². The maximum Gasteiger partial charge on any atom is 0.271 e. The first kappa shape index (κ1) is 20.9. The second-order valence-corrected chi connectivity index (χ2v) is 10.7. The van der Waals surface area contributed by atoms with Crippen LogP contribution < -0.4 is 24.4 Å². The molecule has 2 aliphatic heterocycles. The maximum absolute atomic E-state index is 13.8. The first-order valence-electron chi connectivity index (χ1n) is 11.4. The van der Waals surface area contributed by atoms with Crippen LogP contribution in [0.25, 0.3) is 11.8 Å². The highest BCUT2D eigenvalue weighted by Crippen LogP contribution is 2.41. The summed E-state index contributed by atoms with van der Waals surface area (Å²) in [6.07, 6.45) is 3.74. The van der Waals surface area contributed by atoms with Crippen LogP contribution in [0.2, 0.25) is 0 Å². The monoisotopic (exact) mass is 542 g/mol. The van der Waals surface area contributed by atoms with Gasteiger partial charge in [0.05, 0.1) is 16.3 Å². The molecule has 7 heteroatoms. The van der Waals surface area contributed by atoms with Crippen molar-refractivity contribution in [3.05, 3.63) is 119 Å². The van der Waals surface area contributed by atoms with E-state index in [1.807, 2.05) is 41.0 Å². The Balaban J connectivity index is 1.46. The highest BCUT2D eigenvalue weighted by molar-refractivity contribution is 9.10. The van der Waals surface area contributed by atoms with Crippen LogP contribution in [-0.2, 0) is 6.42 Å². The molecule has 0 saturated carbocycles. The predicted octanol–water partition coefficient (Wildman–Crippen LogP) is 4.81. The summed E-state index contributed by atoms with van der Waals surface area (Å²) in [5.74, 6) is 1.43. The molecule has 0 saturated heterocycles. The van der Waals surface area contributed by atoms with Gasteiger partial charge < -0.3 is 9.47 Å². The first-order valence-corrected chi connectivity index (χ1v) is 13.0. The minimum Gasteiger partial charge on any atom is -0.454 e. The van der Waals surface area contributed by atoms with Gasteiger partial charge in [0.2, 0.25) is 6.79 Å². The molecule has 0 spiro atoms. The standard InChI is InChI=1S/C28H19BrN2O3S/c29-19-9-6-18(7-10-19)26-21-11-8-17-3-1-2-4-20(17)25(21)30-28-31(26)27(32)24(35-28)14-16-5-12-22-23(13-16)34-15-33-22/h1-7,9-10,12-14,26H,8,11,15H2/b24-14-/t26-/m1/s1. The van der Waals surface area contributed by atoms with Gasteiger partial charge in [-0.05, 0) is 65.4 Å². The summed E-state index contributed by atoms with van der Waals surface area (Å²) < 4.78 is 14.5. The summed E-state index contributed by atoms with van der Waals surface area (Å²) in [6, 6.07) is 22.3. The third-order valence-corrected chi connectivity index (χ3v) is 8.26. The van der Waals surface area contributed by atoms with E-state index in [0.29, 0.717) is 10.3 Å². The minimum absolute atomic E-state index is 0.0234. The van der Waals surface area contributed by atoms with Crippen molar-refractivity contribution < 1.29 is 9.47 Å². The van der Waals surface area contributed by atoms with E-state index in [-0.39, 0.29) is 18.4 Å². The summed E-state index contributed by atoms with van der Waals surface area (Å²) in [5.41, 5.74) is 6.65. The molecule has 0 N–H and O–H groups in total. The summed E-state index contributed by atoms with van der Waals surface area (Å²) in [6.45, 7) is 0.223. The zero-order valence-corrected chi connectivity index (χ0v) is 20.9. The summed E-state index contributed by atoms with van der Waals surface area (Å²) in [5, 5.41) is 0. The Kier molecular flexibility index (Phi) is 4.82. The molecule has 3 aromatic carbocycles. The molecule has 3 heterocycles. The number of allylic oxidation sites excluding steroid dienone is 1. The Morgan fingerprint density at radius 1 is 1.00 bits per heavy atom. The predicted molar refractivity (Wildman–Crippen MR) is 139 cm³/mol. The molecule has 3 aliphatic rings. The van der Waals surface area contributed by atoms with Crippen LogP contribution in [0, 0.1) is 0 Å². The lowest BCUT2D eigenvalue weighted by Gasteiger charge is -2.30. The van der Waals surface area contributed by atoms with Gasteiger partial charge in [-0.3, -0.25) is 9.36 Å². The highest BCUT2D eigenvalue weighted by Gasteiger charge is 2.32. The van der Waals surface area contributed by atoms with E-state index < -0.39 is 0 Å². The average molecular weight is 543 g/mol. The van der Waals surface area contributed by atoms with E-state index in [1.54, 1.807) is 0 Å². The van der Waals surface area contributed by atoms with Crippen molar-refractivity contribution in [1.29, 1.82) is 0 Å². The lowest BCUT2D eigenvalue weighted by Crippen LogP contribution is -2.38. The number of fused-ring (bicyclic) bond motifs is 4. The van der Waals surface area contributed by atoms with E-state index in [9.17, 15) is 4.79 Å². The molecule has 0 radical (unpaired) electrons. The van der Waals surface area contributed by atoms with Gasteiger partial charge in [-0.1, -0.05) is 69.7 Å². The lowest BCUT2D eigenvalue weighted by molar-refractivity contribution is 0.174. The maximum atomic E-state index is 13.8. The molecular formula is C28H19BrN2O3S. The fourth-order valence-electron chi connectivity index (χ4n) is 5.12. The third-order valence-electron chi connectivity index (χ3n) is 6.75. The van der Waals surface area contributed by atoms with Crippen LogP contribution in [0.15, 0.2) is 86.6 Å². The number of benzene rings is 3. The number of aromatic nitrogens is 1. The molecule has 1 aliphatic carbocycles. The largest absolute Gasteiger partial charge is 0.454 e. The Morgan fingerprint density at radius 2 is 1.83 bits per heavy atom. The Hall–Kier alpha value is -3.42. The quantitative estimate of drug-likeness (QED) is 0.365. The molecule has 0 fully saturated rings. The number of hydrogen-bond donors (Lipinski definition) is 0. The van der Waals surface area contributed by atoms with Crippen molar-refractivity contribution in [2.24, 2.45) is 4.99 Å². The Morgan fingerprint density at radius 3 is 2.71 bits per heavy atom. The number of thiazole rings is 1. The van der Waals surface area contributed by atoms with Gasteiger partial charge in [-0.15, -0.1) is 0 Å². The van der Waals surface area contributed by atoms with Crippen LogP contribution in [-0.4, -0.2) is 11.4 Å². The van der Waals surface area contributed by atoms with E-state index in [0.717, 1.165) is 44.7 Å². The van der Waals surface area contributed by atoms with E-state index in [2.05, 4.69) is 52.3 Å². The number of ether oxygens (including phenoxy) is 2. The number of nitrogens with zero attached hydrogens (tertiary/aromatic N) is 2. The topological polar surface area (TPSA) is 52.8 Å². The lowest BCUT2D eigenvalue weighted by atomic mass is 9.83. The van der Waals surface area contributed by atoms with E-state index in [4.69, 9.17) is 14.5 Å². The molecular weight excluding hydrogens is 524 g/mol. The fraction of sp³-hybridized carbons (Fsp3) is 0.143. The molecule has 0 unspecified atom stereocenters. The summed E-state index contributed by atoms with van der Waals surface area (Å²) in [4.78, 5) is 19.6. The van der Waals surface area contributed by atoms with Crippen molar-refractivity contribution in [2.45, 2.75) is 18.9 Å². The average Bonchev–Trinajstić information content (AvgIpc) is 3.47. The number of halogens is 1. The molecule has 4 aromatic rings. The zero-order chi connectivity index (χ0) is 23.5. The normalized spacial score (nSPS) is 18.1. The minimum atomic E-state index is -0.179. The van der Waals surface area contributed by atoms with Gasteiger partial charge in [0.25, 0.3) is 5.56 Å². The van der Waals surface area contributed by atoms with Crippen molar-refractivity contribution in [1.82, 2.24) is 4.57 Å². The molecule has 172 valence electrons. The van der Waals surface area contributed by atoms with Gasteiger partial charge >= 0.3 is 0 Å². The smallest absolute Gasteiger partial charge is 0.271 e. The second-order valence-electron chi connectivity index (χ2n) is 8.78. The van der Waals surface area contributed by atoms with Gasteiger partial charge in [-0.25, -0.2) is 4.99 Å². The van der Waals surface area contributed by atoms with Crippen molar-refractivity contribution in [3.63, 3.8) is 0 Å². The number of aryl methyl sites for hydroxylation is 1. The number of rotatable bonds is 2. The number of hydrogen-bond acceptors (Lipinski definition) is 5. The third kappa shape index (κ3) is 3.41. The fourth-order valence-corrected chi connectivity index (χ4v) is 6.39. The van der Waals surface area contributed by atoms with Crippen LogP contribution >= 0.6 is 27.3 Å². The van der Waals surface area contributed by atoms with Crippen LogP contribution in [0.5, 0.6) is 11.5 Å². The Labute approximate surface area is 213 Å². The highest BCUT2D eigenvalue weighted by atomic mass is 79.9. The van der Waals surface area contributed by atoms with Gasteiger partial charge in [0, 0.05) is 10.0 Å². The van der Waals surface area contributed by atoms with Gasteiger partial charge in [0.15, 0.2) is 16.3 Å². The van der Waals surface area contributed by atoms with Crippen LogP contribution in [0.4, 0.5) is 0 Å². The van der Waals surface area contributed by atoms with Gasteiger partial charge in [0.1, 0.15) is 0 Å². The van der Waals surface area contributed by atoms with E-state index in [1.165, 1.54) is 28.0 Å². The molecule has 5 nitrogen and oxygen atoms in total. The van der Waals surface area contributed by atoms with Gasteiger partial charge in [-0.2, -0.15) is 0 Å². The van der Waals surface area contributed by atoms with E-state index >= 15 is 0 Å². The van der Waals surface area contributed by atoms with Crippen molar-refractivity contribution in [2.75, 3.05) is 6.79 Å². The van der Waals surface area contributed by atoms with Crippen molar-refractivity contribution in [3.8, 4) is 11.5 Å². The molecule has 1 atom stereocenters. The van der Waals surface area contributed by atoms with Crippen LogP contribution in [0.3, 0.4) is 0 Å². The zero-order valence-electron chi connectivity index (χ0n) is 18.5. The molecule has 35 heavy (non-hydrogen) atoms. The second kappa shape index (κ2) is 8.07. The SMILES string of the molecule is O=c1/c(=C/c2ccc3c(c2)OCO3)sc2n1[C@H](c1ccc(Br)cc1)C1=C(N=2)c2ccccc2CC1. The summed E-state index contributed by atoms with van der Waals surface area (Å²) in [7, 11) is 0. The van der Waals surface area contributed by atoms with Crippen LogP contribution in [0.1, 0.15) is 34.7 Å². The first-order chi connectivity index (χ1) is 17.2. The molecule has 7 rings (SSSR count). The molecule has 0 bridgehead atoms. The molecule has 1 aromatic heterocycles. The Bertz CT molecular complexity index is 1720.